The Bertz CT molecular complexity index is 1110. The maximum absolute atomic E-state index is 12.8. The maximum Gasteiger partial charge on any atom is 0.338 e. The van der Waals surface area contributed by atoms with Crippen molar-refractivity contribution in [2.75, 3.05) is 25.0 Å². The van der Waals surface area contributed by atoms with E-state index < -0.39 is 28.5 Å². The number of para-hydroxylation sites is 1. The standard InChI is InChI=1S/C26H36N2O5S/c1-8-28(9-2)34(31,32)20-14-13-19(7)23(15-20)26(30)33-16-24(29)27-25-21(17(3)4)11-10-12-22(25)18(5)6/h10-15,17-18H,8-9,16H2,1-7H3,(H,27,29). The van der Waals surface area contributed by atoms with Crippen molar-refractivity contribution in [2.24, 2.45) is 0 Å². The molecule has 0 unspecified atom stereocenters. The van der Waals surface area contributed by atoms with Gasteiger partial charge in [0.1, 0.15) is 0 Å². The minimum Gasteiger partial charge on any atom is -0.452 e. The molecule has 2 aromatic carbocycles. The molecule has 0 fully saturated rings. The Kier molecular flexibility index (Phi) is 9.41. The Morgan fingerprint density at radius 1 is 0.971 bits per heavy atom. The molecule has 186 valence electrons. The second-order valence-corrected chi connectivity index (χ2v) is 10.7. The number of esters is 1. The predicted octanol–water partition coefficient (Wildman–Crippen LogP) is 5.07. The average Bonchev–Trinajstić information content (AvgIpc) is 2.78. The normalized spacial score (nSPS) is 11.8. The molecule has 34 heavy (non-hydrogen) atoms. The van der Waals surface area contributed by atoms with Crippen LogP contribution in [0, 0.1) is 6.92 Å². The topological polar surface area (TPSA) is 92.8 Å². The van der Waals surface area contributed by atoms with Crippen LogP contribution < -0.4 is 5.32 Å². The van der Waals surface area contributed by atoms with E-state index in [1.165, 1.54) is 16.4 Å². The number of hydrogen-bond donors (Lipinski definition) is 1. The van der Waals surface area contributed by atoms with Crippen LogP contribution in [-0.2, 0) is 19.6 Å². The molecule has 0 bridgehead atoms. The third-order valence-corrected chi connectivity index (χ3v) is 7.79. The first-order chi connectivity index (χ1) is 15.9. The zero-order chi connectivity index (χ0) is 25.6. The molecular weight excluding hydrogens is 452 g/mol. The fourth-order valence-electron chi connectivity index (χ4n) is 3.77. The van der Waals surface area contributed by atoms with Gasteiger partial charge in [0.05, 0.1) is 10.5 Å². The molecule has 0 atom stereocenters. The average molecular weight is 489 g/mol. The summed E-state index contributed by atoms with van der Waals surface area (Å²) in [5.41, 5.74) is 3.45. The summed E-state index contributed by atoms with van der Waals surface area (Å²) in [6.07, 6.45) is 0. The minimum atomic E-state index is -3.73. The van der Waals surface area contributed by atoms with Crippen LogP contribution in [0.4, 0.5) is 5.69 Å². The van der Waals surface area contributed by atoms with Crippen molar-refractivity contribution >= 4 is 27.6 Å². The summed E-state index contributed by atoms with van der Waals surface area (Å²) < 4.78 is 32.2. The van der Waals surface area contributed by atoms with Gasteiger partial charge in [0, 0.05) is 18.8 Å². The van der Waals surface area contributed by atoms with Gasteiger partial charge in [-0.3, -0.25) is 4.79 Å². The lowest BCUT2D eigenvalue weighted by Gasteiger charge is -2.20. The third-order valence-electron chi connectivity index (χ3n) is 5.74. The lowest BCUT2D eigenvalue weighted by atomic mass is 9.92. The van der Waals surface area contributed by atoms with Gasteiger partial charge >= 0.3 is 5.97 Å². The summed E-state index contributed by atoms with van der Waals surface area (Å²) >= 11 is 0. The van der Waals surface area contributed by atoms with E-state index in [9.17, 15) is 18.0 Å². The van der Waals surface area contributed by atoms with Gasteiger partial charge in [-0.15, -0.1) is 0 Å². The monoisotopic (exact) mass is 488 g/mol. The fourth-order valence-corrected chi connectivity index (χ4v) is 5.26. The van der Waals surface area contributed by atoms with Gasteiger partial charge in [-0.2, -0.15) is 4.31 Å². The Balaban J connectivity index is 2.21. The summed E-state index contributed by atoms with van der Waals surface area (Å²) in [6, 6.07) is 10.3. The fraction of sp³-hybridized carbons (Fsp3) is 0.462. The van der Waals surface area contributed by atoms with E-state index in [1.807, 2.05) is 18.2 Å². The quantitative estimate of drug-likeness (QED) is 0.472. The van der Waals surface area contributed by atoms with Crippen molar-refractivity contribution in [3.63, 3.8) is 0 Å². The SMILES string of the molecule is CCN(CC)S(=O)(=O)c1ccc(C)c(C(=O)OCC(=O)Nc2c(C(C)C)cccc2C(C)C)c1. The second kappa shape index (κ2) is 11.6. The van der Waals surface area contributed by atoms with E-state index in [-0.39, 0.29) is 22.3 Å². The summed E-state index contributed by atoms with van der Waals surface area (Å²) in [7, 11) is -3.73. The van der Waals surface area contributed by atoms with E-state index in [0.29, 0.717) is 18.7 Å². The molecule has 0 saturated carbocycles. The molecule has 0 saturated heterocycles. The van der Waals surface area contributed by atoms with Crippen LogP contribution in [-0.4, -0.2) is 44.3 Å². The van der Waals surface area contributed by atoms with Crippen molar-refractivity contribution < 1.29 is 22.7 Å². The molecule has 8 heteroatoms. The molecule has 2 aromatic rings. The van der Waals surface area contributed by atoms with Gasteiger partial charge in [0.15, 0.2) is 6.61 Å². The molecule has 0 aliphatic heterocycles. The number of nitrogens with one attached hydrogen (secondary N) is 1. The highest BCUT2D eigenvalue weighted by molar-refractivity contribution is 7.89. The van der Waals surface area contributed by atoms with E-state index in [4.69, 9.17) is 4.74 Å². The van der Waals surface area contributed by atoms with E-state index in [2.05, 4.69) is 33.0 Å². The van der Waals surface area contributed by atoms with Crippen LogP contribution in [0.5, 0.6) is 0 Å². The van der Waals surface area contributed by atoms with Crippen molar-refractivity contribution in [3.05, 3.63) is 58.7 Å². The second-order valence-electron chi connectivity index (χ2n) is 8.81. The number of rotatable bonds is 10. The Hall–Kier alpha value is -2.71. The Morgan fingerprint density at radius 2 is 1.53 bits per heavy atom. The van der Waals surface area contributed by atoms with E-state index in [1.54, 1.807) is 26.8 Å². The lowest BCUT2D eigenvalue weighted by Crippen LogP contribution is -2.30. The van der Waals surface area contributed by atoms with E-state index >= 15 is 0 Å². The molecule has 0 aliphatic rings. The third kappa shape index (κ3) is 6.24. The van der Waals surface area contributed by atoms with Crippen molar-refractivity contribution in [1.29, 1.82) is 0 Å². The highest BCUT2D eigenvalue weighted by atomic mass is 32.2. The first-order valence-electron chi connectivity index (χ1n) is 11.6. The van der Waals surface area contributed by atoms with Crippen LogP contribution in [0.3, 0.4) is 0 Å². The summed E-state index contributed by atoms with van der Waals surface area (Å²) in [4.78, 5) is 25.5. The lowest BCUT2D eigenvalue weighted by molar-refractivity contribution is -0.119. The van der Waals surface area contributed by atoms with Gasteiger partial charge in [-0.1, -0.05) is 65.8 Å². The number of ether oxygens (including phenoxy) is 1. The van der Waals surface area contributed by atoms with Crippen LogP contribution >= 0.6 is 0 Å². The first-order valence-corrected chi connectivity index (χ1v) is 13.1. The molecular formula is C26H36N2O5S. The molecule has 1 N–H and O–H groups in total. The number of amides is 1. The predicted molar refractivity (Wildman–Crippen MR) is 135 cm³/mol. The van der Waals surface area contributed by atoms with Crippen molar-refractivity contribution in [1.82, 2.24) is 4.31 Å². The zero-order valence-electron chi connectivity index (χ0n) is 21.1. The van der Waals surface area contributed by atoms with Crippen LogP contribution in [0.2, 0.25) is 0 Å². The number of nitrogens with zero attached hydrogens (tertiary/aromatic N) is 1. The number of aryl methyl sites for hydroxylation is 1. The van der Waals surface area contributed by atoms with Gasteiger partial charge in [-0.25, -0.2) is 13.2 Å². The maximum atomic E-state index is 12.8. The molecule has 1 amide bonds. The largest absolute Gasteiger partial charge is 0.452 e. The van der Waals surface area contributed by atoms with Crippen LogP contribution in [0.1, 0.15) is 80.4 Å². The summed E-state index contributed by atoms with van der Waals surface area (Å²) in [5.74, 6) is -0.789. The van der Waals surface area contributed by atoms with Crippen molar-refractivity contribution in [2.45, 2.75) is 65.2 Å². The van der Waals surface area contributed by atoms with Gasteiger partial charge in [-0.05, 0) is 47.6 Å². The molecule has 0 radical (unpaired) electrons. The number of carbonyl (C=O) groups excluding carboxylic acids is 2. The van der Waals surface area contributed by atoms with E-state index in [0.717, 1.165) is 16.8 Å². The number of hydrogen-bond acceptors (Lipinski definition) is 5. The van der Waals surface area contributed by atoms with Crippen LogP contribution in [0.25, 0.3) is 0 Å². The smallest absolute Gasteiger partial charge is 0.338 e. The number of anilines is 1. The minimum absolute atomic E-state index is 0.0191. The summed E-state index contributed by atoms with van der Waals surface area (Å²) in [6.45, 7) is 13.6. The first kappa shape index (κ1) is 27.5. The Labute approximate surface area is 203 Å². The van der Waals surface area contributed by atoms with Gasteiger partial charge in [0.2, 0.25) is 10.0 Å². The molecule has 0 heterocycles. The molecule has 7 nitrogen and oxygen atoms in total. The molecule has 0 aliphatic carbocycles. The van der Waals surface area contributed by atoms with Gasteiger partial charge < -0.3 is 10.1 Å². The van der Waals surface area contributed by atoms with Crippen LogP contribution in [0.15, 0.2) is 41.3 Å². The number of benzene rings is 2. The molecule has 2 rings (SSSR count). The zero-order valence-corrected chi connectivity index (χ0v) is 22.0. The highest BCUT2D eigenvalue weighted by Gasteiger charge is 2.24. The number of carbonyl (C=O) groups is 2. The summed E-state index contributed by atoms with van der Waals surface area (Å²) in [5, 5.41) is 2.91. The number of sulfonamides is 1. The van der Waals surface area contributed by atoms with Gasteiger partial charge in [0.25, 0.3) is 5.91 Å². The highest BCUT2D eigenvalue weighted by Crippen LogP contribution is 2.32. The van der Waals surface area contributed by atoms with Crippen molar-refractivity contribution in [3.8, 4) is 0 Å². The molecule has 0 spiro atoms. The Morgan fingerprint density at radius 3 is 2.03 bits per heavy atom. The molecule has 0 aromatic heterocycles.